The van der Waals surface area contributed by atoms with E-state index in [9.17, 15) is 0 Å². The van der Waals surface area contributed by atoms with Gasteiger partial charge in [-0.25, -0.2) is 18.7 Å². The number of aryl methyl sites for hydroxylation is 1. The minimum absolute atomic E-state index is 0.243. The minimum atomic E-state index is -2.83. The first-order valence-corrected chi connectivity index (χ1v) is 9.47. The number of nitrogens with zero attached hydrogens (tertiary/aromatic N) is 5. The molecule has 28 heavy (non-hydrogen) atoms. The van der Waals surface area contributed by atoms with Gasteiger partial charge in [0.05, 0.1) is 24.2 Å². The third-order valence-electron chi connectivity index (χ3n) is 5.51. The van der Waals surface area contributed by atoms with Gasteiger partial charge in [-0.05, 0) is 25.3 Å². The van der Waals surface area contributed by atoms with Crippen LogP contribution in [-0.2, 0) is 6.42 Å². The maximum Gasteiger partial charge on any atom is 0.280 e. The molecule has 0 aliphatic carbocycles. The van der Waals surface area contributed by atoms with Gasteiger partial charge >= 0.3 is 0 Å². The minimum Gasteiger partial charge on any atom is -0.350 e. The maximum atomic E-state index is 15.0. The number of aromatic amines is 1. The number of aromatic nitrogens is 4. The predicted molar refractivity (Wildman–Crippen MR) is 105 cm³/mol. The number of hydrogen-bond donors (Lipinski definition) is 1. The number of alkyl halides is 2. The Morgan fingerprint density at radius 1 is 1.25 bits per heavy atom. The molecule has 1 N–H and O–H groups in total. The summed E-state index contributed by atoms with van der Waals surface area (Å²) in [5, 5.41) is 7.36. The summed E-state index contributed by atoms with van der Waals surface area (Å²) in [6.45, 7) is 3.07. The topological polar surface area (TPSA) is 60.9 Å². The summed E-state index contributed by atoms with van der Waals surface area (Å²) >= 11 is 0. The number of likely N-dealkylation sites (tertiary alicyclic amines) is 1. The number of nitrogens with one attached hydrogen (secondary N) is 1. The Hall–Kier alpha value is -2.61. The van der Waals surface area contributed by atoms with Gasteiger partial charge in [-0.3, -0.25) is 10.00 Å². The lowest BCUT2D eigenvalue weighted by Gasteiger charge is -2.42. The van der Waals surface area contributed by atoms with E-state index in [4.69, 9.17) is 0 Å². The number of anilines is 1. The number of benzene rings is 1. The van der Waals surface area contributed by atoms with Gasteiger partial charge in [0, 0.05) is 20.1 Å². The lowest BCUT2D eigenvalue weighted by atomic mass is 9.98. The molecular weight excluding hydrogens is 362 g/mol. The predicted octanol–water partition coefficient (Wildman–Crippen LogP) is 3.05. The molecule has 0 bridgehead atoms. The fourth-order valence-electron chi connectivity index (χ4n) is 3.89. The van der Waals surface area contributed by atoms with Gasteiger partial charge in [0.2, 0.25) is 0 Å². The van der Waals surface area contributed by atoms with Gasteiger partial charge in [-0.15, -0.1) is 0 Å². The molecule has 2 aromatic heterocycles. The van der Waals surface area contributed by atoms with Crippen molar-refractivity contribution in [2.75, 3.05) is 31.6 Å². The highest BCUT2D eigenvalue weighted by Gasteiger charge is 2.47. The fraction of sp³-hybridized carbons (Fsp3) is 0.450. The lowest BCUT2D eigenvalue weighted by molar-refractivity contribution is -0.0803. The molecule has 6 nitrogen and oxygen atoms in total. The number of piperidine rings is 1. The average molecular weight is 386 g/mol. The standard InChI is InChI=1S/C20H24F2N6/c1-14-3-5-15(6-4-14)7-9-28-10-8-17(20(21,22)12-28)27(2)19-16-11-25-26-18(16)23-13-24-19/h3-6,11,13,17H,7-10,12H2,1-2H3,(H,23,24,25,26). The third kappa shape index (κ3) is 3.69. The van der Waals surface area contributed by atoms with Crippen molar-refractivity contribution in [2.45, 2.75) is 31.7 Å². The maximum absolute atomic E-state index is 15.0. The van der Waals surface area contributed by atoms with Crippen molar-refractivity contribution >= 4 is 16.9 Å². The molecule has 0 saturated carbocycles. The fourth-order valence-corrected chi connectivity index (χ4v) is 3.89. The van der Waals surface area contributed by atoms with Crippen LogP contribution in [0.2, 0.25) is 0 Å². The molecule has 1 unspecified atom stereocenters. The Labute approximate surface area is 162 Å². The van der Waals surface area contributed by atoms with Crippen LogP contribution in [0.1, 0.15) is 17.5 Å². The second kappa shape index (κ2) is 7.43. The average Bonchev–Trinajstić information content (AvgIpc) is 3.15. The summed E-state index contributed by atoms with van der Waals surface area (Å²) in [7, 11) is 1.68. The molecule has 0 spiro atoms. The van der Waals surface area contributed by atoms with Gasteiger partial charge in [0.1, 0.15) is 12.1 Å². The molecule has 0 radical (unpaired) electrons. The first-order chi connectivity index (χ1) is 13.4. The van der Waals surface area contributed by atoms with Crippen LogP contribution >= 0.6 is 0 Å². The Kier molecular flexibility index (Phi) is 4.97. The monoisotopic (exact) mass is 386 g/mol. The van der Waals surface area contributed by atoms with Crippen molar-refractivity contribution in [2.24, 2.45) is 0 Å². The van der Waals surface area contributed by atoms with Crippen LogP contribution in [0.25, 0.3) is 11.0 Å². The zero-order valence-electron chi connectivity index (χ0n) is 16.1. The number of halogens is 2. The lowest BCUT2D eigenvalue weighted by Crippen LogP contribution is -2.58. The van der Waals surface area contributed by atoms with E-state index in [1.54, 1.807) is 18.1 Å². The summed E-state index contributed by atoms with van der Waals surface area (Å²) in [6.07, 6.45) is 4.11. The Balaban J connectivity index is 1.43. The van der Waals surface area contributed by atoms with E-state index >= 15 is 8.78 Å². The number of rotatable bonds is 5. The molecular formula is C20H24F2N6. The third-order valence-corrected chi connectivity index (χ3v) is 5.51. The zero-order chi connectivity index (χ0) is 19.7. The summed E-state index contributed by atoms with van der Waals surface area (Å²) in [6, 6.07) is 7.35. The molecule has 8 heteroatoms. The molecule has 148 valence electrons. The Morgan fingerprint density at radius 3 is 2.79 bits per heavy atom. The summed E-state index contributed by atoms with van der Waals surface area (Å²) in [5.41, 5.74) is 2.93. The largest absolute Gasteiger partial charge is 0.350 e. The first-order valence-electron chi connectivity index (χ1n) is 9.47. The van der Waals surface area contributed by atoms with Crippen LogP contribution in [0.15, 0.2) is 36.8 Å². The van der Waals surface area contributed by atoms with E-state index in [-0.39, 0.29) is 6.54 Å². The van der Waals surface area contributed by atoms with E-state index in [2.05, 4.69) is 44.4 Å². The second-order valence-electron chi connectivity index (χ2n) is 7.52. The van der Waals surface area contributed by atoms with E-state index in [0.29, 0.717) is 36.4 Å². The first kappa shape index (κ1) is 18.7. The summed E-state index contributed by atoms with van der Waals surface area (Å²) in [4.78, 5) is 11.8. The van der Waals surface area contributed by atoms with Gasteiger partial charge in [0.25, 0.3) is 5.92 Å². The van der Waals surface area contributed by atoms with Crippen molar-refractivity contribution in [3.8, 4) is 0 Å². The smallest absolute Gasteiger partial charge is 0.280 e. The van der Waals surface area contributed by atoms with Crippen LogP contribution < -0.4 is 4.90 Å². The van der Waals surface area contributed by atoms with Crippen molar-refractivity contribution in [3.05, 3.63) is 47.9 Å². The van der Waals surface area contributed by atoms with Crippen molar-refractivity contribution in [3.63, 3.8) is 0 Å². The molecule has 1 aliphatic rings. The highest BCUT2D eigenvalue weighted by Crippen LogP contribution is 2.34. The summed E-state index contributed by atoms with van der Waals surface area (Å²) < 4.78 is 30.0. The van der Waals surface area contributed by atoms with Crippen LogP contribution in [0.4, 0.5) is 14.6 Å². The van der Waals surface area contributed by atoms with E-state index < -0.39 is 12.0 Å². The highest BCUT2D eigenvalue weighted by molar-refractivity contribution is 5.86. The molecule has 1 atom stereocenters. The number of hydrogen-bond acceptors (Lipinski definition) is 5. The summed E-state index contributed by atoms with van der Waals surface area (Å²) in [5.74, 6) is -2.35. The normalized spacial score (nSPS) is 19.8. The van der Waals surface area contributed by atoms with E-state index in [1.165, 1.54) is 17.5 Å². The molecule has 1 aliphatic heterocycles. The second-order valence-corrected chi connectivity index (χ2v) is 7.52. The van der Waals surface area contributed by atoms with Crippen LogP contribution in [0.3, 0.4) is 0 Å². The van der Waals surface area contributed by atoms with Gasteiger partial charge < -0.3 is 4.90 Å². The number of H-pyrrole nitrogens is 1. The van der Waals surface area contributed by atoms with Crippen molar-refractivity contribution < 1.29 is 8.78 Å². The van der Waals surface area contributed by atoms with Gasteiger partial charge in [-0.1, -0.05) is 29.8 Å². The van der Waals surface area contributed by atoms with Crippen molar-refractivity contribution in [1.29, 1.82) is 0 Å². The van der Waals surface area contributed by atoms with Gasteiger partial charge in [0.15, 0.2) is 5.65 Å². The van der Waals surface area contributed by atoms with Crippen LogP contribution in [0.5, 0.6) is 0 Å². The Morgan fingerprint density at radius 2 is 2.04 bits per heavy atom. The molecule has 3 aromatic rings. The van der Waals surface area contributed by atoms with Crippen molar-refractivity contribution in [1.82, 2.24) is 25.1 Å². The van der Waals surface area contributed by atoms with E-state index in [1.807, 2.05) is 11.8 Å². The zero-order valence-corrected chi connectivity index (χ0v) is 16.1. The molecule has 4 rings (SSSR count). The van der Waals surface area contributed by atoms with Gasteiger partial charge in [-0.2, -0.15) is 5.10 Å². The van der Waals surface area contributed by atoms with E-state index in [0.717, 1.165) is 6.42 Å². The quantitative estimate of drug-likeness (QED) is 0.730. The SMILES string of the molecule is Cc1ccc(CCN2CCC(N(C)c3ncnc4[nH]ncc34)C(F)(F)C2)cc1. The Bertz CT molecular complexity index is 939. The molecule has 3 heterocycles. The molecule has 1 aromatic carbocycles. The van der Waals surface area contributed by atoms with Crippen LogP contribution in [-0.4, -0.2) is 63.7 Å². The molecule has 0 amide bonds. The molecule has 1 fully saturated rings. The number of fused-ring (bicyclic) bond motifs is 1. The highest BCUT2D eigenvalue weighted by atomic mass is 19.3. The molecule has 1 saturated heterocycles. The van der Waals surface area contributed by atoms with Crippen LogP contribution in [0, 0.1) is 6.92 Å².